The van der Waals surface area contributed by atoms with Crippen LogP contribution in [-0.2, 0) is 13.6 Å². The highest BCUT2D eigenvalue weighted by molar-refractivity contribution is 8.00. The molecule has 4 heteroatoms. The molecule has 0 atom stereocenters. The third-order valence-electron chi connectivity index (χ3n) is 4.05. The summed E-state index contributed by atoms with van der Waals surface area (Å²) in [6.45, 7) is 4.10. The van der Waals surface area contributed by atoms with Crippen molar-refractivity contribution in [3.05, 3.63) is 17.5 Å². The Morgan fingerprint density at radius 3 is 2.67 bits per heavy atom. The first-order valence-corrected chi connectivity index (χ1v) is 8.13. The normalized spacial score (nSPS) is 19.1. The number of nitrogens with zero attached hydrogens (tertiary/aromatic N) is 2. The van der Waals surface area contributed by atoms with Crippen LogP contribution in [0.5, 0.6) is 0 Å². The predicted octanol–water partition coefficient (Wildman–Crippen LogP) is 2.88. The van der Waals surface area contributed by atoms with Gasteiger partial charge in [0, 0.05) is 24.9 Å². The SMILES string of the molecule is CSC1(CNCc2cc(C)nn2C)CCCCC1. The first-order chi connectivity index (χ1) is 8.65. The van der Waals surface area contributed by atoms with Crippen LogP contribution < -0.4 is 5.32 Å². The van der Waals surface area contributed by atoms with Crippen LogP contribution in [0, 0.1) is 6.92 Å². The van der Waals surface area contributed by atoms with Crippen molar-refractivity contribution in [3.8, 4) is 0 Å². The Bertz CT molecular complexity index is 380. The van der Waals surface area contributed by atoms with E-state index in [1.54, 1.807) is 0 Å². The van der Waals surface area contributed by atoms with Gasteiger partial charge in [-0.3, -0.25) is 4.68 Å². The maximum absolute atomic E-state index is 4.39. The van der Waals surface area contributed by atoms with Crippen molar-refractivity contribution in [3.63, 3.8) is 0 Å². The van der Waals surface area contributed by atoms with Gasteiger partial charge in [-0.2, -0.15) is 16.9 Å². The zero-order chi connectivity index (χ0) is 13.0. The predicted molar refractivity (Wildman–Crippen MR) is 79.0 cm³/mol. The lowest BCUT2D eigenvalue weighted by molar-refractivity contribution is 0.378. The van der Waals surface area contributed by atoms with E-state index in [9.17, 15) is 0 Å². The van der Waals surface area contributed by atoms with E-state index in [0.717, 1.165) is 18.8 Å². The number of aryl methyl sites for hydroxylation is 2. The average molecular weight is 267 g/mol. The summed E-state index contributed by atoms with van der Waals surface area (Å²) in [5.41, 5.74) is 2.38. The van der Waals surface area contributed by atoms with Crippen LogP contribution in [-0.4, -0.2) is 27.3 Å². The fraction of sp³-hybridized carbons (Fsp3) is 0.786. The molecule has 1 heterocycles. The highest BCUT2D eigenvalue weighted by Crippen LogP contribution is 2.37. The molecule has 1 N–H and O–H groups in total. The van der Waals surface area contributed by atoms with Gasteiger partial charge in [0.15, 0.2) is 0 Å². The van der Waals surface area contributed by atoms with Gasteiger partial charge >= 0.3 is 0 Å². The zero-order valence-electron chi connectivity index (χ0n) is 11.8. The molecule has 18 heavy (non-hydrogen) atoms. The molecule has 3 nitrogen and oxygen atoms in total. The van der Waals surface area contributed by atoms with Gasteiger partial charge in [0.1, 0.15) is 0 Å². The smallest absolute Gasteiger partial charge is 0.0597 e. The monoisotopic (exact) mass is 267 g/mol. The summed E-state index contributed by atoms with van der Waals surface area (Å²) in [6.07, 6.45) is 9.21. The molecule has 0 saturated heterocycles. The molecule has 1 aromatic heterocycles. The number of aromatic nitrogens is 2. The van der Waals surface area contributed by atoms with Crippen LogP contribution >= 0.6 is 11.8 Å². The largest absolute Gasteiger partial charge is 0.310 e. The maximum Gasteiger partial charge on any atom is 0.0597 e. The maximum atomic E-state index is 4.39. The van der Waals surface area contributed by atoms with Gasteiger partial charge in [0.25, 0.3) is 0 Å². The van der Waals surface area contributed by atoms with Gasteiger partial charge in [-0.05, 0) is 32.1 Å². The fourth-order valence-corrected chi connectivity index (χ4v) is 3.84. The number of hydrogen-bond acceptors (Lipinski definition) is 3. The third kappa shape index (κ3) is 3.29. The first kappa shape index (κ1) is 13.9. The first-order valence-electron chi connectivity index (χ1n) is 6.91. The molecule has 0 unspecified atom stereocenters. The molecule has 0 aliphatic heterocycles. The second kappa shape index (κ2) is 6.11. The van der Waals surface area contributed by atoms with Gasteiger partial charge in [-0.1, -0.05) is 19.3 Å². The molecular weight excluding hydrogens is 242 g/mol. The zero-order valence-corrected chi connectivity index (χ0v) is 12.6. The van der Waals surface area contributed by atoms with Crippen LogP contribution in [0.15, 0.2) is 6.07 Å². The minimum atomic E-state index is 0.478. The molecule has 1 aromatic rings. The lowest BCUT2D eigenvalue weighted by Crippen LogP contribution is -2.39. The Kier molecular flexibility index (Phi) is 4.73. The molecule has 1 aliphatic carbocycles. The van der Waals surface area contributed by atoms with Crippen molar-refractivity contribution in [1.82, 2.24) is 15.1 Å². The molecule has 1 fully saturated rings. The van der Waals surface area contributed by atoms with Gasteiger partial charge < -0.3 is 5.32 Å². The molecule has 0 bridgehead atoms. The second-order valence-corrected chi connectivity index (χ2v) is 6.73. The van der Waals surface area contributed by atoms with Gasteiger partial charge in [-0.15, -0.1) is 0 Å². The van der Waals surface area contributed by atoms with E-state index in [4.69, 9.17) is 0 Å². The van der Waals surface area contributed by atoms with Crippen molar-refractivity contribution >= 4 is 11.8 Å². The van der Waals surface area contributed by atoms with Crippen molar-refractivity contribution < 1.29 is 0 Å². The number of nitrogens with one attached hydrogen (secondary N) is 1. The van der Waals surface area contributed by atoms with E-state index in [1.807, 2.05) is 18.7 Å². The van der Waals surface area contributed by atoms with Crippen LogP contribution in [0.3, 0.4) is 0 Å². The van der Waals surface area contributed by atoms with Crippen LogP contribution in [0.4, 0.5) is 0 Å². The lowest BCUT2D eigenvalue weighted by Gasteiger charge is -2.36. The summed E-state index contributed by atoms with van der Waals surface area (Å²) in [7, 11) is 2.02. The highest BCUT2D eigenvalue weighted by Gasteiger charge is 2.30. The minimum absolute atomic E-state index is 0.478. The van der Waals surface area contributed by atoms with E-state index >= 15 is 0 Å². The summed E-state index contributed by atoms with van der Waals surface area (Å²) in [4.78, 5) is 0. The molecule has 0 amide bonds. The summed E-state index contributed by atoms with van der Waals surface area (Å²) >= 11 is 2.05. The van der Waals surface area contributed by atoms with Crippen molar-refractivity contribution in [2.75, 3.05) is 12.8 Å². The highest BCUT2D eigenvalue weighted by atomic mass is 32.2. The summed E-state index contributed by atoms with van der Waals surface area (Å²) in [5.74, 6) is 0. The fourth-order valence-electron chi connectivity index (χ4n) is 2.90. The second-order valence-electron chi connectivity index (χ2n) is 5.45. The van der Waals surface area contributed by atoms with Crippen LogP contribution in [0.1, 0.15) is 43.5 Å². The minimum Gasteiger partial charge on any atom is -0.310 e. The molecule has 1 aliphatic rings. The quantitative estimate of drug-likeness (QED) is 0.889. The number of thioether (sulfide) groups is 1. The van der Waals surface area contributed by atoms with Crippen molar-refractivity contribution in [2.45, 2.75) is 50.3 Å². The topological polar surface area (TPSA) is 29.9 Å². The summed E-state index contributed by atoms with van der Waals surface area (Å²) < 4.78 is 2.46. The molecular formula is C14H25N3S. The van der Waals surface area contributed by atoms with E-state index in [-0.39, 0.29) is 0 Å². The van der Waals surface area contributed by atoms with Crippen LogP contribution in [0.25, 0.3) is 0 Å². The van der Waals surface area contributed by atoms with Crippen molar-refractivity contribution in [1.29, 1.82) is 0 Å². The van der Waals surface area contributed by atoms with Crippen LogP contribution in [0.2, 0.25) is 0 Å². The Morgan fingerprint density at radius 1 is 1.39 bits per heavy atom. The summed E-state index contributed by atoms with van der Waals surface area (Å²) in [6, 6.07) is 2.17. The van der Waals surface area contributed by atoms with E-state index in [2.05, 4.69) is 34.5 Å². The molecule has 0 spiro atoms. The third-order valence-corrected chi connectivity index (χ3v) is 5.47. The summed E-state index contributed by atoms with van der Waals surface area (Å²) in [5, 5.41) is 8.02. The Balaban J connectivity index is 1.85. The number of hydrogen-bond donors (Lipinski definition) is 1. The Labute approximate surface area is 115 Å². The lowest BCUT2D eigenvalue weighted by atomic mass is 9.88. The van der Waals surface area contributed by atoms with E-state index in [1.165, 1.54) is 37.8 Å². The standard InChI is InChI=1S/C14H25N3S/c1-12-9-13(17(2)16-12)10-15-11-14(18-3)7-5-4-6-8-14/h9,15H,4-8,10-11H2,1-3H3. The molecule has 0 radical (unpaired) electrons. The molecule has 0 aromatic carbocycles. The van der Waals surface area contributed by atoms with E-state index < -0.39 is 0 Å². The molecule has 102 valence electrons. The van der Waals surface area contributed by atoms with Crippen molar-refractivity contribution in [2.24, 2.45) is 7.05 Å². The van der Waals surface area contributed by atoms with E-state index in [0.29, 0.717) is 4.75 Å². The van der Waals surface area contributed by atoms with Gasteiger partial charge in [0.2, 0.25) is 0 Å². The number of rotatable bonds is 5. The molecule has 2 rings (SSSR count). The van der Waals surface area contributed by atoms with Gasteiger partial charge in [-0.25, -0.2) is 0 Å². The molecule has 1 saturated carbocycles. The average Bonchev–Trinajstić information content (AvgIpc) is 2.69. The Morgan fingerprint density at radius 2 is 2.11 bits per heavy atom. The Hall–Kier alpha value is -0.480. The van der Waals surface area contributed by atoms with Gasteiger partial charge in [0.05, 0.1) is 11.4 Å².